The molecule has 4 rings (SSSR count). The largest absolute Gasteiger partial charge is 0.524 e. The van der Waals surface area contributed by atoms with Gasteiger partial charge in [0.25, 0.3) is 5.79 Å². The maximum Gasteiger partial charge on any atom is 0.524 e. The molecule has 1 saturated heterocycles. The summed E-state index contributed by atoms with van der Waals surface area (Å²) in [4.78, 5) is 30.3. The molecule has 8 nitrogen and oxygen atoms in total. The predicted molar refractivity (Wildman–Crippen MR) is 108 cm³/mol. The van der Waals surface area contributed by atoms with Crippen molar-refractivity contribution in [2.24, 2.45) is 17.8 Å². The van der Waals surface area contributed by atoms with Gasteiger partial charge in [-0.3, -0.25) is 9.79 Å². The van der Waals surface area contributed by atoms with E-state index in [2.05, 4.69) is 6.92 Å². The van der Waals surface area contributed by atoms with Gasteiger partial charge in [-0.2, -0.15) is 4.89 Å². The van der Waals surface area contributed by atoms with E-state index in [-0.39, 0.29) is 28.7 Å². The van der Waals surface area contributed by atoms with Crippen LogP contribution >= 0.6 is 19.4 Å². The first-order valence-corrected chi connectivity index (χ1v) is 12.2. The molecule has 1 aromatic carbocycles. The van der Waals surface area contributed by atoms with Gasteiger partial charge in [-0.25, -0.2) is 9.45 Å². The van der Waals surface area contributed by atoms with E-state index in [1.165, 1.54) is 13.2 Å². The van der Waals surface area contributed by atoms with Crippen molar-refractivity contribution in [3.63, 3.8) is 0 Å². The van der Waals surface area contributed by atoms with Crippen LogP contribution in [0.1, 0.15) is 44.6 Å². The third-order valence-electron chi connectivity index (χ3n) is 6.93. The van der Waals surface area contributed by atoms with E-state index in [9.17, 15) is 14.4 Å². The van der Waals surface area contributed by atoms with Crippen LogP contribution in [0.15, 0.2) is 18.2 Å². The van der Waals surface area contributed by atoms with Gasteiger partial charge in [0, 0.05) is 18.1 Å². The Kier molecular flexibility index (Phi) is 5.90. The summed E-state index contributed by atoms with van der Waals surface area (Å²) < 4.78 is 27.5. The van der Waals surface area contributed by atoms with Crippen LogP contribution in [-0.2, 0) is 24.9 Å². The summed E-state index contributed by atoms with van der Waals surface area (Å²) in [7, 11) is -1.84. The molecule has 1 spiro atoms. The zero-order valence-electron chi connectivity index (χ0n) is 17.2. The summed E-state index contributed by atoms with van der Waals surface area (Å²) in [5.41, 5.74) is -0.191. The zero-order chi connectivity index (χ0) is 21.7. The van der Waals surface area contributed by atoms with Crippen molar-refractivity contribution in [3.05, 3.63) is 23.8 Å². The van der Waals surface area contributed by atoms with E-state index >= 15 is 0 Å². The molecule has 0 radical (unpaired) electrons. The number of phosphoric ester groups is 1. The number of rotatable bonds is 6. The number of phosphoric acid groups is 1. The highest BCUT2D eigenvalue weighted by atomic mass is 35.5. The molecule has 1 heterocycles. The molecule has 6 unspecified atom stereocenters. The number of hydrogen-bond acceptors (Lipinski definition) is 6. The molecule has 3 aliphatic rings. The van der Waals surface area contributed by atoms with E-state index in [1.54, 1.807) is 19.2 Å². The Morgan fingerprint density at radius 1 is 1.17 bits per heavy atom. The first kappa shape index (κ1) is 22.3. The predicted octanol–water partition coefficient (Wildman–Crippen LogP) is 4.12. The highest BCUT2D eigenvalue weighted by Crippen LogP contribution is 2.65. The molecule has 1 aromatic rings. The van der Waals surface area contributed by atoms with E-state index in [1.807, 2.05) is 0 Å². The SMILES string of the molecule is CCC1CC2CC(Cl)CC(C2)C12OOC2(OC)c1ccc(OC)c(OP(=O)(O)O)c1. The minimum atomic E-state index is -4.79. The van der Waals surface area contributed by atoms with Crippen LogP contribution in [0.2, 0.25) is 0 Å². The maximum absolute atomic E-state index is 11.5. The van der Waals surface area contributed by atoms with Gasteiger partial charge in [0.15, 0.2) is 17.1 Å². The molecule has 0 amide bonds. The molecule has 2 aliphatic carbocycles. The van der Waals surface area contributed by atoms with Crippen molar-refractivity contribution in [2.75, 3.05) is 14.2 Å². The molecule has 2 bridgehead atoms. The second-order valence-electron chi connectivity index (χ2n) is 8.44. The third kappa shape index (κ3) is 3.37. The topological polar surface area (TPSA) is 104 Å². The van der Waals surface area contributed by atoms with Crippen molar-refractivity contribution >= 4 is 19.4 Å². The van der Waals surface area contributed by atoms with Crippen LogP contribution in [0.5, 0.6) is 11.5 Å². The average molecular weight is 463 g/mol. The summed E-state index contributed by atoms with van der Waals surface area (Å²) in [5.74, 6) is -0.268. The zero-order valence-corrected chi connectivity index (χ0v) is 18.9. The molecule has 0 aromatic heterocycles. The fraction of sp³-hybridized carbons (Fsp3) is 0.700. The Bertz CT molecular complexity index is 840. The Hall–Kier alpha value is -0.860. The van der Waals surface area contributed by atoms with Gasteiger partial charge in [0.05, 0.1) is 7.11 Å². The van der Waals surface area contributed by atoms with Gasteiger partial charge in [0.2, 0.25) is 0 Å². The van der Waals surface area contributed by atoms with Crippen molar-refractivity contribution < 1.29 is 38.1 Å². The molecule has 10 heteroatoms. The molecule has 168 valence electrons. The first-order chi connectivity index (χ1) is 14.2. The smallest absolute Gasteiger partial charge is 0.493 e. The van der Waals surface area contributed by atoms with Crippen LogP contribution in [0.25, 0.3) is 0 Å². The molecule has 3 fully saturated rings. The summed E-state index contributed by atoms with van der Waals surface area (Å²) in [5, 5.41) is 0.0756. The lowest BCUT2D eigenvalue weighted by Crippen LogP contribution is -2.74. The monoisotopic (exact) mass is 462 g/mol. The fourth-order valence-electron chi connectivity index (χ4n) is 5.84. The number of benzene rings is 1. The number of fused-ring (bicyclic) bond motifs is 3. The summed E-state index contributed by atoms with van der Waals surface area (Å²) >= 11 is 6.58. The lowest BCUT2D eigenvalue weighted by Gasteiger charge is -2.65. The van der Waals surface area contributed by atoms with Gasteiger partial charge in [-0.1, -0.05) is 13.3 Å². The van der Waals surface area contributed by atoms with Crippen LogP contribution in [0, 0.1) is 17.8 Å². The molecular formula is C20H28ClO8P. The second kappa shape index (κ2) is 7.93. The quantitative estimate of drug-likeness (QED) is 0.369. The molecule has 30 heavy (non-hydrogen) atoms. The Balaban J connectivity index is 1.80. The van der Waals surface area contributed by atoms with Gasteiger partial charge < -0.3 is 14.0 Å². The third-order valence-corrected chi connectivity index (χ3v) is 7.72. The lowest BCUT2D eigenvalue weighted by molar-refractivity contribution is -0.641. The van der Waals surface area contributed by atoms with E-state index in [0.29, 0.717) is 11.5 Å². The van der Waals surface area contributed by atoms with Crippen LogP contribution in [-0.4, -0.2) is 35.0 Å². The molecular weight excluding hydrogens is 435 g/mol. The summed E-state index contributed by atoms with van der Waals surface area (Å²) in [6, 6.07) is 4.82. The maximum atomic E-state index is 11.5. The van der Waals surface area contributed by atoms with Crippen molar-refractivity contribution in [3.8, 4) is 11.5 Å². The number of halogens is 1. The Morgan fingerprint density at radius 2 is 1.93 bits per heavy atom. The normalized spacial score (nSPS) is 38.2. The number of ether oxygens (including phenoxy) is 2. The molecule has 2 saturated carbocycles. The van der Waals surface area contributed by atoms with Crippen molar-refractivity contribution in [1.29, 1.82) is 0 Å². The highest BCUT2D eigenvalue weighted by molar-refractivity contribution is 7.46. The van der Waals surface area contributed by atoms with Crippen LogP contribution in [0.3, 0.4) is 0 Å². The van der Waals surface area contributed by atoms with Gasteiger partial charge >= 0.3 is 7.82 Å². The molecule has 6 atom stereocenters. The summed E-state index contributed by atoms with van der Waals surface area (Å²) in [6.07, 6.45) is 4.64. The molecule has 1 aliphatic heterocycles. The fourth-order valence-corrected chi connectivity index (χ4v) is 6.70. The van der Waals surface area contributed by atoms with E-state index in [0.717, 1.165) is 32.1 Å². The number of alkyl halides is 1. The minimum absolute atomic E-state index is 0.0756. The van der Waals surface area contributed by atoms with Gasteiger partial charge in [-0.05, 0) is 61.6 Å². The van der Waals surface area contributed by atoms with E-state index in [4.69, 9.17) is 35.4 Å². The van der Waals surface area contributed by atoms with Gasteiger partial charge in [0.1, 0.15) is 0 Å². The van der Waals surface area contributed by atoms with Crippen LogP contribution < -0.4 is 9.26 Å². The number of hydrogen-bond donors (Lipinski definition) is 2. The van der Waals surface area contributed by atoms with Gasteiger partial charge in [-0.15, -0.1) is 11.6 Å². The Labute approximate surface area is 180 Å². The average Bonchev–Trinajstić information content (AvgIpc) is 2.66. The van der Waals surface area contributed by atoms with Crippen molar-refractivity contribution in [1.82, 2.24) is 0 Å². The first-order valence-electron chi connectivity index (χ1n) is 10.2. The minimum Gasteiger partial charge on any atom is -0.493 e. The Morgan fingerprint density at radius 3 is 2.50 bits per heavy atom. The molecule has 2 N–H and O–H groups in total. The number of methoxy groups -OCH3 is 2. The highest BCUT2D eigenvalue weighted by Gasteiger charge is 2.74. The summed E-state index contributed by atoms with van der Waals surface area (Å²) in [6.45, 7) is 2.13. The standard InChI is InChI=1S/C20H28ClO8P/c1-4-13-7-12-8-15(10-16(21)9-12)19(13)20(26-3,29-28-19)14-5-6-17(25-2)18(11-14)27-30(22,23)24/h5-6,11-13,15-16H,4,7-10H2,1-3H3,(H2,22,23,24). The van der Waals surface area contributed by atoms with Crippen molar-refractivity contribution in [2.45, 2.75) is 55.8 Å². The van der Waals surface area contributed by atoms with Crippen LogP contribution in [0.4, 0.5) is 0 Å². The lowest BCUT2D eigenvalue weighted by atomic mass is 9.54. The second-order valence-corrected chi connectivity index (χ2v) is 10.2. The van der Waals surface area contributed by atoms with E-state index < -0.39 is 19.2 Å².